The van der Waals surface area contributed by atoms with Crippen molar-refractivity contribution in [1.82, 2.24) is 5.32 Å². The number of hydrogen-bond donors (Lipinski definition) is 1. The monoisotopic (exact) mass is 218 g/mol. The number of carbonyl (C=O) groups excluding carboxylic acids is 1. The Morgan fingerprint density at radius 3 is 2.50 bits per heavy atom. The lowest BCUT2D eigenvalue weighted by atomic mass is 10.2. The van der Waals surface area contributed by atoms with E-state index in [-0.39, 0.29) is 5.92 Å². The van der Waals surface area contributed by atoms with E-state index in [4.69, 9.17) is 5.26 Å². The van der Waals surface area contributed by atoms with Gasteiger partial charge >= 0.3 is 0 Å². The molecule has 0 saturated carbocycles. The summed E-state index contributed by atoms with van der Waals surface area (Å²) in [4.78, 5) is 11.0. The van der Waals surface area contributed by atoms with Gasteiger partial charge in [-0.25, -0.2) is 8.42 Å². The SMILES string of the molecule is CC(C)CNC(=O)CS(=O)(=O)CC#N. The number of rotatable bonds is 5. The van der Waals surface area contributed by atoms with E-state index in [1.165, 1.54) is 6.07 Å². The lowest BCUT2D eigenvalue weighted by molar-refractivity contribution is -0.118. The fourth-order valence-electron chi connectivity index (χ4n) is 0.718. The maximum absolute atomic E-state index is 11.0. The lowest BCUT2D eigenvalue weighted by Gasteiger charge is -2.06. The minimum Gasteiger partial charge on any atom is -0.355 e. The second-order valence-corrected chi connectivity index (χ2v) is 5.45. The Morgan fingerprint density at radius 2 is 2.07 bits per heavy atom. The maximum Gasteiger partial charge on any atom is 0.235 e. The summed E-state index contributed by atoms with van der Waals surface area (Å²) in [6.45, 7) is 4.26. The zero-order valence-electron chi connectivity index (χ0n) is 8.28. The molecule has 0 aromatic heterocycles. The minimum absolute atomic E-state index is 0.276. The van der Waals surface area contributed by atoms with Crippen molar-refractivity contribution >= 4 is 15.7 Å². The van der Waals surface area contributed by atoms with Gasteiger partial charge in [0.25, 0.3) is 0 Å². The molecule has 0 heterocycles. The fourth-order valence-corrected chi connectivity index (χ4v) is 1.52. The number of sulfone groups is 1. The Balaban J connectivity index is 4.02. The van der Waals surface area contributed by atoms with E-state index in [0.29, 0.717) is 6.54 Å². The third-order valence-corrected chi connectivity index (χ3v) is 2.61. The van der Waals surface area contributed by atoms with Gasteiger partial charge in [-0.3, -0.25) is 4.79 Å². The van der Waals surface area contributed by atoms with Gasteiger partial charge in [-0.2, -0.15) is 5.26 Å². The molecule has 1 amide bonds. The Hall–Kier alpha value is -1.09. The number of carbonyl (C=O) groups is 1. The summed E-state index contributed by atoms with van der Waals surface area (Å²) in [5.74, 6) is -1.48. The summed E-state index contributed by atoms with van der Waals surface area (Å²) in [6, 6.07) is 1.51. The van der Waals surface area contributed by atoms with E-state index >= 15 is 0 Å². The molecule has 0 radical (unpaired) electrons. The molecule has 0 rings (SSSR count). The van der Waals surface area contributed by atoms with Gasteiger partial charge in [-0.1, -0.05) is 13.8 Å². The summed E-state index contributed by atoms with van der Waals surface area (Å²) in [7, 11) is -3.55. The molecule has 14 heavy (non-hydrogen) atoms. The third kappa shape index (κ3) is 6.43. The van der Waals surface area contributed by atoms with Crippen LogP contribution in [0.4, 0.5) is 0 Å². The van der Waals surface area contributed by atoms with Crippen LogP contribution in [0.5, 0.6) is 0 Å². The highest BCUT2D eigenvalue weighted by atomic mass is 32.2. The largest absolute Gasteiger partial charge is 0.355 e. The molecule has 6 heteroatoms. The number of hydrogen-bond acceptors (Lipinski definition) is 4. The quantitative estimate of drug-likeness (QED) is 0.686. The molecule has 1 N–H and O–H groups in total. The zero-order valence-corrected chi connectivity index (χ0v) is 9.10. The molecule has 0 fully saturated rings. The summed E-state index contributed by atoms with van der Waals surface area (Å²) >= 11 is 0. The second kappa shape index (κ2) is 5.60. The zero-order chi connectivity index (χ0) is 11.2. The van der Waals surface area contributed by atoms with Gasteiger partial charge in [-0.15, -0.1) is 0 Å². The minimum atomic E-state index is -3.55. The number of nitrogens with zero attached hydrogens (tertiary/aromatic N) is 1. The molecular formula is C8H14N2O3S. The number of amides is 1. The van der Waals surface area contributed by atoms with Crippen molar-refractivity contribution < 1.29 is 13.2 Å². The third-order valence-electron chi connectivity index (χ3n) is 1.34. The van der Waals surface area contributed by atoms with Crippen LogP contribution in [0.15, 0.2) is 0 Å². The summed E-state index contributed by atoms with van der Waals surface area (Å²) in [5, 5.41) is 10.6. The molecule has 0 aliphatic rings. The Labute approximate surface area is 84.0 Å². The molecule has 0 saturated heterocycles. The van der Waals surface area contributed by atoms with Crippen LogP contribution in [0, 0.1) is 17.2 Å². The molecule has 0 atom stereocenters. The van der Waals surface area contributed by atoms with Gasteiger partial charge in [0, 0.05) is 6.54 Å². The van der Waals surface area contributed by atoms with Crippen molar-refractivity contribution in [3.8, 4) is 6.07 Å². The highest BCUT2D eigenvalue weighted by Gasteiger charge is 2.15. The molecular weight excluding hydrogens is 204 g/mol. The van der Waals surface area contributed by atoms with Crippen molar-refractivity contribution in [2.24, 2.45) is 5.92 Å². The van der Waals surface area contributed by atoms with Crippen LogP contribution in [0.2, 0.25) is 0 Å². The van der Waals surface area contributed by atoms with E-state index < -0.39 is 27.3 Å². The molecule has 0 aromatic carbocycles. The first-order chi connectivity index (χ1) is 6.37. The van der Waals surface area contributed by atoms with Crippen LogP contribution in [0.1, 0.15) is 13.8 Å². The molecule has 5 nitrogen and oxygen atoms in total. The van der Waals surface area contributed by atoms with Gasteiger partial charge in [-0.05, 0) is 5.92 Å². The fraction of sp³-hybridized carbons (Fsp3) is 0.750. The first-order valence-corrected chi connectivity index (χ1v) is 6.03. The Morgan fingerprint density at radius 1 is 1.50 bits per heavy atom. The van der Waals surface area contributed by atoms with E-state index in [9.17, 15) is 13.2 Å². The van der Waals surface area contributed by atoms with Crippen molar-refractivity contribution in [2.75, 3.05) is 18.1 Å². The highest BCUT2D eigenvalue weighted by molar-refractivity contribution is 7.92. The molecule has 80 valence electrons. The van der Waals surface area contributed by atoms with Crippen LogP contribution < -0.4 is 5.32 Å². The van der Waals surface area contributed by atoms with Gasteiger partial charge in [0.2, 0.25) is 5.91 Å². The predicted octanol–water partition coefficient (Wildman–Crippen LogP) is -0.303. The van der Waals surface area contributed by atoms with Gasteiger partial charge in [0.05, 0.1) is 6.07 Å². The van der Waals surface area contributed by atoms with E-state index in [0.717, 1.165) is 0 Å². The van der Waals surface area contributed by atoms with Gasteiger partial charge < -0.3 is 5.32 Å². The van der Waals surface area contributed by atoms with Gasteiger partial charge in [0.1, 0.15) is 11.5 Å². The normalized spacial score (nSPS) is 11.0. The standard InChI is InChI=1S/C8H14N2O3S/c1-7(2)5-10-8(11)6-14(12,13)4-3-9/h7H,4-6H2,1-2H3,(H,10,11). The summed E-state index contributed by atoms with van der Waals surface area (Å²) in [5.41, 5.74) is 0. The first-order valence-electron chi connectivity index (χ1n) is 4.21. The van der Waals surface area contributed by atoms with Crippen molar-refractivity contribution in [1.29, 1.82) is 5.26 Å². The van der Waals surface area contributed by atoms with Crippen molar-refractivity contribution in [3.05, 3.63) is 0 Å². The molecule has 0 aliphatic heterocycles. The summed E-state index contributed by atoms with van der Waals surface area (Å²) < 4.78 is 22.0. The second-order valence-electron chi connectivity index (χ2n) is 3.39. The molecule has 0 spiro atoms. The maximum atomic E-state index is 11.0. The average Bonchev–Trinajstić information content (AvgIpc) is 1.99. The number of nitrogens with one attached hydrogen (secondary N) is 1. The van der Waals surface area contributed by atoms with Crippen molar-refractivity contribution in [3.63, 3.8) is 0 Å². The van der Waals surface area contributed by atoms with Crippen LogP contribution in [-0.4, -0.2) is 32.4 Å². The molecule has 0 aromatic rings. The van der Waals surface area contributed by atoms with E-state index in [1.807, 2.05) is 13.8 Å². The highest BCUT2D eigenvalue weighted by Crippen LogP contribution is 1.91. The van der Waals surface area contributed by atoms with Gasteiger partial charge in [0.15, 0.2) is 9.84 Å². The van der Waals surface area contributed by atoms with E-state index in [1.54, 1.807) is 0 Å². The molecule has 0 unspecified atom stereocenters. The smallest absolute Gasteiger partial charge is 0.235 e. The molecule has 0 aliphatic carbocycles. The summed E-state index contributed by atoms with van der Waals surface area (Å²) in [6.07, 6.45) is 0. The molecule has 0 bridgehead atoms. The van der Waals surface area contributed by atoms with Crippen LogP contribution in [0.25, 0.3) is 0 Å². The Bertz CT molecular complexity index is 327. The van der Waals surface area contributed by atoms with Crippen LogP contribution in [0.3, 0.4) is 0 Å². The lowest BCUT2D eigenvalue weighted by Crippen LogP contribution is -2.33. The van der Waals surface area contributed by atoms with Crippen LogP contribution in [-0.2, 0) is 14.6 Å². The number of nitriles is 1. The first kappa shape index (κ1) is 12.9. The van der Waals surface area contributed by atoms with Crippen LogP contribution >= 0.6 is 0 Å². The topological polar surface area (TPSA) is 87.0 Å². The van der Waals surface area contributed by atoms with Crippen molar-refractivity contribution in [2.45, 2.75) is 13.8 Å². The average molecular weight is 218 g/mol. The van der Waals surface area contributed by atoms with E-state index in [2.05, 4.69) is 5.32 Å². The predicted molar refractivity (Wildman–Crippen MR) is 52.1 cm³/mol. The Kier molecular flexibility index (Phi) is 5.16.